The number of para-hydroxylation sites is 1. The molecule has 186 valence electrons. The van der Waals surface area contributed by atoms with Crippen LogP contribution >= 0.6 is 11.3 Å². The molecule has 3 heterocycles. The van der Waals surface area contributed by atoms with Crippen molar-refractivity contribution < 1.29 is 13.2 Å². The number of hydrogen-bond acceptors (Lipinski definition) is 5. The summed E-state index contributed by atoms with van der Waals surface area (Å²) >= 11 is 1.71. The summed E-state index contributed by atoms with van der Waals surface area (Å²) in [6, 6.07) is 20.6. The second-order valence-corrected chi connectivity index (χ2v) is 11.9. The Hall–Kier alpha value is -3.07. The number of pyridine rings is 1. The zero-order valence-corrected chi connectivity index (χ0v) is 21.8. The van der Waals surface area contributed by atoms with Gasteiger partial charge in [0.1, 0.15) is 4.90 Å². The van der Waals surface area contributed by atoms with Gasteiger partial charge in [0.15, 0.2) is 0 Å². The minimum absolute atomic E-state index is 0.142. The highest BCUT2D eigenvalue weighted by atomic mass is 32.2. The molecule has 1 aliphatic rings. The lowest BCUT2D eigenvalue weighted by Gasteiger charge is -2.37. The fourth-order valence-electron chi connectivity index (χ4n) is 4.86. The number of aromatic nitrogens is 1. The van der Waals surface area contributed by atoms with E-state index in [-0.39, 0.29) is 29.9 Å². The summed E-state index contributed by atoms with van der Waals surface area (Å²) in [6.07, 6.45) is 3.86. The van der Waals surface area contributed by atoms with Crippen molar-refractivity contribution in [2.45, 2.75) is 37.1 Å². The summed E-state index contributed by atoms with van der Waals surface area (Å²) in [7, 11) is -3.94. The van der Waals surface area contributed by atoms with Crippen LogP contribution in [0.1, 0.15) is 41.8 Å². The van der Waals surface area contributed by atoms with Crippen molar-refractivity contribution >= 4 is 38.2 Å². The predicted molar refractivity (Wildman–Crippen MR) is 143 cm³/mol. The first-order valence-corrected chi connectivity index (χ1v) is 14.6. The van der Waals surface area contributed by atoms with Gasteiger partial charge in [-0.15, -0.1) is 11.3 Å². The first-order chi connectivity index (χ1) is 17.5. The number of sulfonamides is 1. The lowest BCUT2D eigenvalue weighted by Crippen LogP contribution is -2.47. The van der Waals surface area contributed by atoms with Crippen LogP contribution in [0.2, 0.25) is 0 Å². The van der Waals surface area contributed by atoms with Crippen LogP contribution in [0.15, 0.2) is 83.2 Å². The fourth-order valence-corrected chi connectivity index (χ4v) is 7.36. The smallest absolute Gasteiger partial charge is 0.245 e. The van der Waals surface area contributed by atoms with Gasteiger partial charge in [0.05, 0.1) is 18.1 Å². The first-order valence-electron chi connectivity index (χ1n) is 12.2. The van der Waals surface area contributed by atoms with Crippen LogP contribution in [0.3, 0.4) is 0 Å². The molecule has 2 aromatic carbocycles. The minimum atomic E-state index is -3.94. The van der Waals surface area contributed by atoms with Gasteiger partial charge in [-0.3, -0.25) is 9.78 Å². The molecule has 0 aliphatic carbocycles. The number of rotatable bonds is 8. The Bertz CT molecular complexity index is 1460. The van der Waals surface area contributed by atoms with Crippen LogP contribution < -0.4 is 0 Å². The van der Waals surface area contributed by atoms with Gasteiger partial charge in [0.2, 0.25) is 15.9 Å². The maximum atomic E-state index is 13.9. The molecule has 4 aromatic rings. The summed E-state index contributed by atoms with van der Waals surface area (Å²) in [5.41, 5.74) is 2.59. The zero-order valence-electron chi connectivity index (χ0n) is 20.2. The van der Waals surface area contributed by atoms with Gasteiger partial charge in [-0.05, 0) is 47.5 Å². The van der Waals surface area contributed by atoms with Crippen LogP contribution in [-0.4, -0.2) is 48.1 Å². The van der Waals surface area contributed by atoms with Crippen molar-refractivity contribution in [1.82, 2.24) is 14.2 Å². The number of benzene rings is 2. The Morgan fingerprint density at radius 1 is 1.08 bits per heavy atom. The second-order valence-electron chi connectivity index (χ2n) is 8.97. The molecule has 1 amide bonds. The van der Waals surface area contributed by atoms with E-state index in [1.807, 2.05) is 54.3 Å². The quantitative estimate of drug-likeness (QED) is 0.318. The zero-order chi connectivity index (χ0) is 25.1. The van der Waals surface area contributed by atoms with Gasteiger partial charge in [-0.1, -0.05) is 61.9 Å². The second kappa shape index (κ2) is 10.5. The topological polar surface area (TPSA) is 70.6 Å². The molecule has 36 heavy (non-hydrogen) atoms. The molecule has 0 bridgehead atoms. The maximum absolute atomic E-state index is 13.9. The molecule has 6 nitrogen and oxygen atoms in total. The summed E-state index contributed by atoms with van der Waals surface area (Å²) in [6.45, 7) is 2.65. The third-order valence-corrected chi connectivity index (χ3v) is 9.56. The maximum Gasteiger partial charge on any atom is 0.245 e. The van der Waals surface area contributed by atoms with Crippen molar-refractivity contribution in [3.05, 3.63) is 94.3 Å². The van der Waals surface area contributed by atoms with E-state index in [0.717, 1.165) is 29.4 Å². The van der Waals surface area contributed by atoms with E-state index < -0.39 is 10.0 Å². The van der Waals surface area contributed by atoms with Gasteiger partial charge in [-0.25, -0.2) is 8.42 Å². The summed E-state index contributed by atoms with van der Waals surface area (Å²) in [5.74, 6) is -0.187. The monoisotopic (exact) mass is 519 g/mol. The van der Waals surface area contributed by atoms with Gasteiger partial charge in [0.25, 0.3) is 0 Å². The highest BCUT2D eigenvalue weighted by Gasteiger charge is 2.36. The van der Waals surface area contributed by atoms with Crippen molar-refractivity contribution in [2.24, 2.45) is 0 Å². The number of amides is 1. The molecule has 0 unspecified atom stereocenters. The first kappa shape index (κ1) is 24.6. The van der Waals surface area contributed by atoms with E-state index in [0.29, 0.717) is 18.5 Å². The molecule has 5 rings (SSSR count). The van der Waals surface area contributed by atoms with Gasteiger partial charge in [-0.2, -0.15) is 4.31 Å². The van der Waals surface area contributed by atoms with E-state index in [2.05, 4.69) is 16.4 Å². The highest BCUT2D eigenvalue weighted by Crippen LogP contribution is 2.38. The molecule has 0 spiro atoms. The number of hydrogen-bond donors (Lipinski definition) is 0. The molecular weight excluding hydrogens is 490 g/mol. The molecule has 1 atom stereocenters. The number of unbranched alkanes of at least 4 members (excludes halogenated alkanes) is 1. The van der Waals surface area contributed by atoms with Crippen LogP contribution in [0.25, 0.3) is 10.9 Å². The Kier molecular flexibility index (Phi) is 7.18. The molecule has 0 radical (unpaired) electrons. The standard InChI is InChI=1S/C28H29N3O3S2/c1-2-3-17-30(36(33,34)25-13-7-11-21-12-8-16-29-27(21)25)20-26(32)31-18-14-24-23(15-19-35-24)28(31)22-9-5-4-6-10-22/h4-13,15-16,19,28H,2-3,14,17-18,20H2,1H3/t28-/m1/s1. The van der Waals surface area contributed by atoms with Crippen LogP contribution in [-0.2, 0) is 21.2 Å². The average Bonchev–Trinajstić information content (AvgIpc) is 3.39. The van der Waals surface area contributed by atoms with Gasteiger partial charge < -0.3 is 4.90 Å². The van der Waals surface area contributed by atoms with Gasteiger partial charge in [0, 0.05) is 29.5 Å². The van der Waals surface area contributed by atoms with E-state index >= 15 is 0 Å². The molecule has 8 heteroatoms. The van der Waals surface area contributed by atoms with Crippen molar-refractivity contribution in [1.29, 1.82) is 0 Å². The van der Waals surface area contributed by atoms with Crippen molar-refractivity contribution in [2.75, 3.05) is 19.6 Å². The Morgan fingerprint density at radius 2 is 1.89 bits per heavy atom. The number of nitrogens with zero attached hydrogens (tertiary/aromatic N) is 3. The molecular formula is C28H29N3O3S2. The largest absolute Gasteiger partial charge is 0.330 e. The molecule has 0 saturated heterocycles. The third kappa shape index (κ3) is 4.68. The predicted octanol–water partition coefficient (Wildman–Crippen LogP) is 5.26. The van der Waals surface area contributed by atoms with Crippen LogP contribution in [0.4, 0.5) is 0 Å². The molecule has 0 fully saturated rings. The molecule has 0 saturated carbocycles. The minimum Gasteiger partial charge on any atom is -0.330 e. The number of thiophene rings is 1. The summed E-state index contributed by atoms with van der Waals surface area (Å²) in [5, 5.41) is 2.82. The van der Waals surface area contributed by atoms with Crippen LogP contribution in [0, 0.1) is 0 Å². The number of carbonyl (C=O) groups excluding carboxylic acids is 1. The normalized spacial score (nSPS) is 15.8. The fraction of sp³-hybridized carbons (Fsp3) is 0.286. The van der Waals surface area contributed by atoms with Crippen molar-refractivity contribution in [3.63, 3.8) is 0 Å². The number of carbonyl (C=O) groups is 1. The van der Waals surface area contributed by atoms with Gasteiger partial charge >= 0.3 is 0 Å². The Morgan fingerprint density at radius 3 is 2.69 bits per heavy atom. The Labute approximate surface area is 216 Å². The van der Waals surface area contributed by atoms with E-state index in [9.17, 15) is 13.2 Å². The lowest BCUT2D eigenvalue weighted by atomic mass is 9.93. The summed E-state index contributed by atoms with van der Waals surface area (Å²) < 4.78 is 29.1. The van der Waals surface area contributed by atoms with E-state index in [1.54, 1.807) is 35.7 Å². The third-order valence-electron chi connectivity index (χ3n) is 6.69. The SMILES string of the molecule is CCCCN(CC(=O)N1CCc2sccc2[C@H]1c1ccccc1)S(=O)(=O)c1cccc2cccnc12. The van der Waals surface area contributed by atoms with Crippen molar-refractivity contribution in [3.8, 4) is 0 Å². The molecule has 1 aliphatic heterocycles. The lowest BCUT2D eigenvalue weighted by molar-refractivity contribution is -0.133. The molecule has 2 aromatic heterocycles. The summed E-state index contributed by atoms with van der Waals surface area (Å²) in [4.78, 5) is 21.5. The number of fused-ring (bicyclic) bond motifs is 2. The van der Waals surface area contributed by atoms with E-state index in [1.165, 1.54) is 9.18 Å². The van der Waals surface area contributed by atoms with Crippen LogP contribution in [0.5, 0.6) is 0 Å². The average molecular weight is 520 g/mol. The highest BCUT2D eigenvalue weighted by molar-refractivity contribution is 7.89. The molecule has 0 N–H and O–H groups in total. The van der Waals surface area contributed by atoms with E-state index in [4.69, 9.17) is 0 Å². The Balaban J connectivity index is 1.49.